The first-order valence-electron chi connectivity index (χ1n) is 9.54. The number of amides is 1. The summed E-state index contributed by atoms with van der Waals surface area (Å²) in [4.78, 5) is 25.2. The summed E-state index contributed by atoms with van der Waals surface area (Å²) >= 11 is 10.7. The lowest BCUT2D eigenvalue weighted by Gasteiger charge is -2.13. The molecule has 3 aromatic rings. The first-order valence-corrected chi connectivity index (χ1v) is 11.6. The second-order valence-corrected chi connectivity index (χ2v) is 9.02. The molecule has 0 saturated carbocycles. The van der Waals surface area contributed by atoms with Crippen LogP contribution < -0.4 is 10.1 Å². The standard InChI is InChI=1S/C23H21BrClNO4S/c1-4-29-23(28)20-18(15-5-7-17(25)8-6-15)12-31-22(20)26-19(27)11-30-21-13(2)9-16(24)10-14(21)3/h5-10,12H,4,11H2,1-3H3,(H,26,27). The van der Waals surface area contributed by atoms with Crippen LogP contribution in [0.25, 0.3) is 11.1 Å². The van der Waals surface area contributed by atoms with Crippen molar-refractivity contribution in [3.8, 4) is 16.9 Å². The number of esters is 1. The molecular weight excluding hydrogens is 502 g/mol. The Morgan fingerprint density at radius 1 is 1.13 bits per heavy atom. The van der Waals surface area contributed by atoms with Gasteiger partial charge in [-0.25, -0.2) is 4.79 Å². The van der Waals surface area contributed by atoms with E-state index in [9.17, 15) is 9.59 Å². The van der Waals surface area contributed by atoms with Crippen LogP contribution in [0.5, 0.6) is 5.75 Å². The molecule has 162 valence electrons. The Kier molecular flexibility index (Phi) is 7.75. The third-order valence-electron chi connectivity index (χ3n) is 4.45. The number of thiophene rings is 1. The van der Waals surface area contributed by atoms with Gasteiger partial charge in [-0.1, -0.05) is 39.7 Å². The molecule has 31 heavy (non-hydrogen) atoms. The smallest absolute Gasteiger partial charge is 0.341 e. The summed E-state index contributed by atoms with van der Waals surface area (Å²) in [6.45, 7) is 5.62. The number of nitrogens with one attached hydrogen (secondary N) is 1. The van der Waals surface area contributed by atoms with E-state index in [4.69, 9.17) is 21.1 Å². The summed E-state index contributed by atoms with van der Waals surface area (Å²) < 4.78 is 11.9. The lowest BCUT2D eigenvalue weighted by atomic mass is 10.0. The van der Waals surface area contributed by atoms with E-state index >= 15 is 0 Å². The van der Waals surface area contributed by atoms with Crippen molar-refractivity contribution >= 4 is 55.7 Å². The highest BCUT2D eigenvalue weighted by molar-refractivity contribution is 9.10. The average Bonchev–Trinajstić information content (AvgIpc) is 3.11. The Labute approximate surface area is 198 Å². The number of carbonyl (C=O) groups excluding carboxylic acids is 2. The van der Waals surface area contributed by atoms with Gasteiger partial charge in [0.15, 0.2) is 6.61 Å². The highest BCUT2D eigenvalue weighted by Crippen LogP contribution is 2.36. The second-order valence-electron chi connectivity index (χ2n) is 6.79. The Bertz CT molecular complexity index is 1090. The summed E-state index contributed by atoms with van der Waals surface area (Å²) in [5, 5.41) is 5.62. The molecular formula is C23H21BrClNO4S. The third-order valence-corrected chi connectivity index (χ3v) is 6.06. The van der Waals surface area contributed by atoms with E-state index in [-0.39, 0.29) is 19.1 Å². The zero-order valence-corrected chi connectivity index (χ0v) is 20.4. The Balaban J connectivity index is 1.81. The normalized spacial score (nSPS) is 10.6. The molecule has 1 amide bonds. The molecule has 1 N–H and O–H groups in total. The molecule has 1 heterocycles. The fourth-order valence-corrected chi connectivity index (χ4v) is 4.91. The van der Waals surface area contributed by atoms with Crippen molar-refractivity contribution in [2.45, 2.75) is 20.8 Å². The number of benzene rings is 2. The number of halogens is 2. The fourth-order valence-electron chi connectivity index (χ4n) is 3.12. The van der Waals surface area contributed by atoms with Gasteiger partial charge in [-0.05, 0) is 61.7 Å². The maximum Gasteiger partial charge on any atom is 0.341 e. The van der Waals surface area contributed by atoms with Crippen LogP contribution in [0.4, 0.5) is 5.00 Å². The van der Waals surface area contributed by atoms with Crippen LogP contribution in [0.15, 0.2) is 46.3 Å². The molecule has 0 atom stereocenters. The first kappa shape index (κ1) is 23.3. The molecule has 0 radical (unpaired) electrons. The summed E-state index contributed by atoms with van der Waals surface area (Å²) in [6, 6.07) is 11.0. The highest BCUT2D eigenvalue weighted by atomic mass is 79.9. The van der Waals surface area contributed by atoms with E-state index in [0.29, 0.717) is 26.9 Å². The van der Waals surface area contributed by atoms with Crippen LogP contribution in [0.1, 0.15) is 28.4 Å². The van der Waals surface area contributed by atoms with Gasteiger partial charge < -0.3 is 14.8 Å². The van der Waals surface area contributed by atoms with Gasteiger partial charge in [-0.15, -0.1) is 11.3 Å². The van der Waals surface area contributed by atoms with Gasteiger partial charge in [0.25, 0.3) is 5.91 Å². The van der Waals surface area contributed by atoms with Crippen LogP contribution in [0.2, 0.25) is 5.02 Å². The number of carbonyl (C=O) groups is 2. The highest BCUT2D eigenvalue weighted by Gasteiger charge is 2.23. The molecule has 3 rings (SSSR count). The molecule has 0 saturated heterocycles. The van der Waals surface area contributed by atoms with Crippen molar-refractivity contribution in [2.24, 2.45) is 0 Å². The van der Waals surface area contributed by atoms with Crippen LogP contribution in [-0.4, -0.2) is 25.1 Å². The summed E-state index contributed by atoms with van der Waals surface area (Å²) in [6.07, 6.45) is 0. The predicted molar refractivity (Wildman–Crippen MR) is 128 cm³/mol. The van der Waals surface area contributed by atoms with E-state index in [1.54, 1.807) is 19.1 Å². The first-order chi connectivity index (χ1) is 14.8. The molecule has 5 nitrogen and oxygen atoms in total. The van der Waals surface area contributed by atoms with Gasteiger partial charge in [-0.3, -0.25) is 4.79 Å². The van der Waals surface area contributed by atoms with Crippen molar-refractivity contribution in [1.29, 1.82) is 0 Å². The van der Waals surface area contributed by atoms with Crippen LogP contribution in [0.3, 0.4) is 0 Å². The van der Waals surface area contributed by atoms with E-state index < -0.39 is 5.97 Å². The monoisotopic (exact) mass is 521 g/mol. The summed E-state index contributed by atoms with van der Waals surface area (Å²) in [5.74, 6) is -0.196. The second kappa shape index (κ2) is 10.3. The number of rotatable bonds is 7. The number of hydrogen-bond acceptors (Lipinski definition) is 5. The lowest BCUT2D eigenvalue weighted by Crippen LogP contribution is -2.21. The van der Waals surface area contributed by atoms with Crippen LogP contribution in [-0.2, 0) is 9.53 Å². The summed E-state index contributed by atoms with van der Waals surface area (Å²) in [5.41, 5.74) is 3.65. The van der Waals surface area contributed by atoms with Crippen molar-refractivity contribution in [3.63, 3.8) is 0 Å². The number of anilines is 1. The molecule has 1 aromatic heterocycles. The fraction of sp³-hybridized carbons (Fsp3) is 0.217. The van der Waals surface area contributed by atoms with Gasteiger partial charge in [0, 0.05) is 20.4 Å². The molecule has 0 aliphatic rings. The van der Waals surface area contributed by atoms with Crippen molar-refractivity contribution in [3.05, 3.63) is 68.0 Å². The number of aryl methyl sites for hydroxylation is 2. The third kappa shape index (κ3) is 5.67. The largest absolute Gasteiger partial charge is 0.483 e. The topological polar surface area (TPSA) is 64.6 Å². The minimum atomic E-state index is -0.496. The Morgan fingerprint density at radius 3 is 2.39 bits per heavy atom. The molecule has 8 heteroatoms. The van der Waals surface area contributed by atoms with E-state index in [0.717, 1.165) is 21.2 Å². The predicted octanol–water partition coefficient (Wildman–Crippen LogP) is 6.64. The minimum Gasteiger partial charge on any atom is -0.483 e. The maximum absolute atomic E-state index is 12.6. The minimum absolute atomic E-state index is 0.181. The molecule has 0 aliphatic carbocycles. The molecule has 0 spiro atoms. The number of hydrogen-bond donors (Lipinski definition) is 1. The van der Waals surface area contributed by atoms with Crippen LogP contribution in [0, 0.1) is 13.8 Å². The zero-order valence-electron chi connectivity index (χ0n) is 17.3. The van der Waals surface area contributed by atoms with Gasteiger partial charge in [0.2, 0.25) is 0 Å². The molecule has 0 unspecified atom stereocenters. The van der Waals surface area contributed by atoms with Gasteiger partial charge in [-0.2, -0.15) is 0 Å². The van der Waals surface area contributed by atoms with Crippen LogP contribution >= 0.6 is 38.9 Å². The van der Waals surface area contributed by atoms with E-state index in [1.165, 1.54) is 11.3 Å². The Hall–Kier alpha value is -2.35. The average molecular weight is 523 g/mol. The van der Waals surface area contributed by atoms with Crippen molar-refractivity contribution in [1.82, 2.24) is 0 Å². The van der Waals surface area contributed by atoms with Gasteiger partial charge in [0.1, 0.15) is 16.3 Å². The maximum atomic E-state index is 12.6. The molecule has 0 fully saturated rings. The SMILES string of the molecule is CCOC(=O)c1c(-c2ccc(Cl)cc2)csc1NC(=O)COc1c(C)cc(Br)cc1C. The number of ether oxygens (including phenoxy) is 2. The van der Waals surface area contributed by atoms with Gasteiger partial charge in [0.05, 0.1) is 6.61 Å². The van der Waals surface area contributed by atoms with Crippen molar-refractivity contribution in [2.75, 3.05) is 18.5 Å². The molecule has 2 aromatic carbocycles. The van der Waals surface area contributed by atoms with E-state index in [1.807, 2.05) is 43.5 Å². The molecule has 0 aliphatic heterocycles. The van der Waals surface area contributed by atoms with E-state index in [2.05, 4.69) is 21.2 Å². The Morgan fingerprint density at radius 2 is 1.77 bits per heavy atom. The zero-order chi connectivity index (χ0) is 22.5. The molecule has 0 bridgehead atoms. The summed E-state index contributed by atoms with van der Waals surface area (Å²) in [7, 11) is 0. The van der Waals surface area contributed by atoms with Crippen molar-refractivity contribution < 1.29 is 19.1 Å². The van der Waals surface area contributed by atoms with Gasteiger partial charge >= 0.3 is 5.97 Å². The lowest BCUT2D eigenvalue weighted by molar-refractivity contribution is -0.118. The quantitative estimate of drug-likeness (QED) is 0.353.